The summed E-state index contributed by atoms with van der Waals surface area (Å²) in [5.74, 6) is -0.141. The van der Waals surface area contributed by atoms with Crippen LogP contribution in [0.15, 0.2) is 0 Å². The third-order valence-corrected chi connectivity index (χ3v) is 3.07. The Morgan fingerprint density at radius 2 is 2.06 bits per heavy atom. The van der Waals surface area contributed by atoms with Crippen molar-refractivity contribution in [1.82, 2.24) is 10.2 Å². The van der Waals surface area contributed by atoms with E-state index in [0.29, 0.717) is 6.42 Å². The van der Waals surface area contributed by atoms with E-state index in [1.54, 1.807) is 0 Å². The molecule has 1 aliphatic rings. The van der Waals surface area contributed by atoms with Gasteiger partial charge in [-0.3, -0.25) is 4.79 Å². The van der Waals surface area contributed by atoms with Crippen molar-refractivity contribution in [3.8, 4) is 0 Å². The lowest BCUT2D eigenvalue weighted by Gasteiger charge is -2.27. The molecule has 0 amide bonds. The van der Waals surface area contributed by atoms with Gasteiger partial charge in [-0.2, -0.15) is 0 Å². The van der Waals surface area contributed by atoms with E-state index in [0.717, 1.165) is 13.1 Å². The fourth-order valence-corrected chi connectivity index (χ4v) is 2.06. The molecule has 1 N–H and O–H groups in total. The van der Waals surface area contributed by atoms with Crippen LogP contribution in [0, 0.1) is 0 Å². The number of hydrogen-bond acceptors (Lipinski definition) is 4. The second-order valence-electron chi connectivity index (χ2n) is 4.54. The largest absolute Gasteiger partial charge is 0.469 e. The van der Waals surface area contributed by atoms with E-state index in [1.165, 1.54) is 39.5 Å². The van der Waals surface area contributed by atoms with Gasteiger partial charge < -0.3 is 15.0 Å². The molecule has 0 aromatic heterocycles. The van der Waals surface area contributed by atoms with E-state index in [1.807, 2.05) is 6.92 Å². The molecule has 0 spiro atoms. The fourth-order valence-electron chi connectivity index (χ4n) is 2.06. The highest BCUT2D eigenvalue weighted by Gasteiger charge is 2.11. The summed E-state index contributed by atoms with van der Waals surface area (Å²) in [5, 5.41) is 3.35. The zero-order valence-corrected chi connectivity index (χ0v) is 10.5. The summed E-state index contributed by atoms with van der Waals surface area (Å²) in [6.45, 7) is 6.52. The Morgan fingerprint density at radius 3 is 2.69 bits per heavy atom. The van der Waals surface area contributed by atoms with Gasteiger partial charge in [-0.1, -0.05) is 6.42 Å². The molecule has 1 rings (SSSR count). The number of esters is 1. The van der Waals surface area contributed by atoms with Gasteiger partial charge in [0.25, 0.3) is 0 Å². The predicted octanol–water partition coefficient (Wildman–Crippen LogP) is 1.01. The number of nitrogens with zero attached hydrogens (tertiary/aromatic N) is 1. The number of ether oxygens (including phenoxy) is 1. The van der Waals surface area contributed by atoms with Crippen molar-refractivity contribution in [3.63, 3.8) is 0 Å². The first kappa shape index (κ1) is 13.5. The Morgan fingerprint density at radius 1 is 1.38 bits per heavy atom. The monoisotopic (exact) mass is 228 g/mol. The van der Waals surface area contributed by atoms with Gasteiger partial charge in [-0.15, -0.1) is 0 Å². The minimum atomic E-state index is -0.141. The molecule has 1 saturated heterocycles. The van der Waals surface area contributed by atoms with Gasteiger partial charge in [0.1, 0.15) is 0 Å². The van der Waals surface area contributed by atoms with Crippen LogP contribution in [-0.4, -0.2) is 50.2 Å². The van der Waals surface area contributed by atoms with Crippen molar-refractivity contribution in [2.75, 3.05) is 33.3 Å². The number of hydrogen-bond donors (Lipinski definition) is 1. The molecule has 0 aromatic carbocycles. The zero-order valence-electron chi connectivity index (χ0n) is 10.5. The minimum absolute atomic E-state index is 0.141. The van der Waals surface area contributed by atoms with Crippen LogP contribution < -0.4 is 5.32 Å². The molecule has 0 radical (unpaired) electrons. The summed E-state index contributed by atoms with van der Waals surface area (Å²) in [4.78, 5) is 13.5. The molecule has 1 heterocycles. The van der Waals surface area contributed by atoms with Crippen LogP contribution in [0.4, 0.5) is 0 Å². The summed E-state index contributed by atoms with van der Waals surface area (Å²) >= 11 is 0. The highest BCUT2D eigenvalue weighted by Crippen LogP contribution is 2.07. The van der Waals surface area contributed by atoms with Crippen molar-refractivity contribution >= 4 is 5.97 Å². The molecule has 94 valence electrons. The maximum atomic E-state index is 11.0. The summed E-state index contributed by atoms with van der Waals surface area (Å²) < 4.78 is 4.63. The molecule has 0 bridgehead atoms. The Hall–Kier alpha value is -0.610. The van der Waals surface area contributed by atoms with E-state index in [-0.39, 0.29) is 12.0 Å². The van der Waals surface area contributed by atoms with Gasteiger partial charge in [0.15, 0.2) is 0 Å². The first-order valence-electron chi connectivity index (χ1n) is 6.25. The minimum Gasteiger partial charge on any atom is -0.469 e. The number of carbonyl (C=O) groups excluding carboxylic acids is 1. The first-order chi connectivity index (χ1) is 7.72. The van der Waals surface area contributed by atoms with Gasteiger partial charge in [-0.05, 0) is 32.9 Å². The highest BCUT2D eigenvalue weighted by atomic mass is 16.5. The second kappa shape index (κ2) is 7.63. The highest BCUT2D eigenvalue weighted by molar-refractivity contribution is 5.69. The average molecular weight is 228 g/mol. The molecule has 4 heteroatoms. The number of likely N-dealkylation sites (tertiary alicyclic amines) is 1. The standard InChI is InChI=1S/C12H24N2O2/c1-11(10-12(15)16-2)13-6-9-14-7-4-3-5-8-14/h11,13H,3-10H2,1-2H3/t11-/m1/s1. The molecular weight excluding hydrogens is 204 g/mol. The fraction of sp³-hybridized carbons (Fsp3) is 0.917. The molecular formula is C12H24N2O2. The Bertz CT molecular complexity index is 203. The van der Waals surface area contributed by atoms with Gasteiger partial charge in [0.05, 0.1) is 13.5 Å². The van der Waals surface area contributed by atoms with Crippen molar-refractivity contribution in [2.24, 2.45) is 0 Å². The molecule has 0 aliphatic carbocycles. The summed E-state index contributed by atoms with van der Waals surface area (Å²) in [7, 11) is 1.43. The summed E-state index contributed by atoms with van der Waals surface area (Å²) in [6, 6.07) is 0.206. The quantitative estimate of drug-likeness (QED) is 0.689. The molecule has 0 aromatic rings. The van der Waals surface area contributed by atoms with Crippen LogP contribution in [0.1, 0.15) is 32.6 Å². The molecule has 0 saturated carbocycles. The normalized spacial score (nSPS) is 19.4. The maximum Gasteiger partial charge on any atom is 0.307 e. The summed E-state index contributed by atoms with van der Waals surface area (Å²) in [5.41, 5.74) is 0. The van der Waals surface area contributed by atoms with Crippen molar-refractivity contribution in [3.05, 3.63) is 0 Å². The van der Waals surface area contributed by atoms with E-state index in [2.05, 4.69) is 15.0 Å². The molecule has 1 atom stereocenters. The zero-order chi connectivity index (χ0) is 11.8. The Kier molecular flexibility index (Phi) is 6.42. The lowest BCUT2D eigenvalue weighted by Crippen LogP contribution is -2.39. The number of rotatable bonds is 6. The lowest BCUT2D eigenvalue weighted by molar-refractivity contribution is -0.141. The van der Waals surface area contributed by atoms with E-state index >= 15 is 0 Å². The van der Waals surface area contributed by atoms with Crippen LogP contribution in [0.3, 0.4) is 0 Å². The van der Waals surface area contributed by atoms with Crippen LogP contribution in [0.2, 0.25) is 0 Å². The number of methoxy groups -OCH3 is 1. The molecule has 1 aliphatic heterocycles. The van der Waals surface area contributed by atoms with Crippen LogP contribution in [0.5, 0.6) is 0 Å². The molecule has 4 nitrogen and oxygen atoms in total. The first-order valence-corrected chi connectivity index (χ1v) is 6.25. The Labute approximate surface area is 98.3 Å². The van der Waals surface area contributed by atoms with Crippen LogP contribution >= 0.6 is 0 Å². The Balaban J connectivity index is 2.03. The van der Waals surface area contributed by atoms with E-state index < -0.39 is 0 Å². The van der Waals surface area contributed by atoms with E-state index in [9.17, 15) is 4.79 Å². The van der Waals surface area contributed by atoms with Crippen LogP contribution in [-0.2, 0) is 9.53 Å². The van der Waals surface area contributed by atoms with Gasteiger partial charge in [-0.25, -0.2) is 0 Å². The van der Waals surface area contributed by atoms with E-state index in [4.69, 9.17) is 0 Å². The third kappa shape index (κ3) is 5.47. The van der Waals surface area contributed by atoms with Gasteiger partial charge in [0.2, 0.25) is 0 Å². The third-order valence-electron chi connectivity index (χ3n) is 3.07. The smallest absolute Gasteiger partial charge is 0.307 e. The second-order valence-corrected chi connectivity index (χ2v) is 4.54. The molecule has 1 fully saturated rings. The molecule has 16 heavy (non-hydrogen) atoms. The number of piperidine rings is 1. The van der Waals surface area contributed by atoms with Crippen molar-refractivity contribution in [1.29, 1.82) is 0 Å². The van der Waals surface area contributed by atoms with Crippen molar-refractivity contribution < 1.29 is 9.53 Å². The number of nitrogens with one attached hydrogen (secondary N) is 1. The van der Waals surface area contributed by atoms with Gasteiger partial charge in [0, 0.05) is 19.1 Å². The SMILES string of the molecule is COC(=O)C[C@@H](C)NCCN1CCCCC1. The molecule has 0 unspecified atom stereocenters. The summed E-state index contributed by atoms with van der Waals surface area (Å²) in [6.07, 6.45) is 4.49. The average Bonchev–Trinajstić information content (AvgIpc) is 2.30. The topological polar surface area (TPSA) is 41.6 Å². The van der Waals surface area contributed by atoms with Crippen molar-refractivity contribution in [2.45, 2.75) is 38.6 Å². The predicted molar refractivity (Wildman–Crippen MR) is 64.4 cm³/mol. The van der Waals surface area contributed by atoms with Crippen LogP contribution in [0.25, 0.3) is 0 Å². The lowest BCUT2D eigenvalue weighted by atomic mass is 10.1. The maximum absolute atomic E-state index is 11.0. The number of carbonyl (C=O) groups is 1. The van der Waals surface area contributed by atoms with Gasteiger partial charge >= 0.3 is 5.97 Å².